The Bertz CT molecular complexity index is 899. The fourth-order valence-corrected chi connectivity index (χ4v) is 2.37. The minimum absolute atomic E-state index is 0.371. The summed E-state index contributed by atoms with van der Waals surface area (Å²) >= 11 is 0. The summed E-state index contributed by atoms with van der Waals surface area (Å²) in [7, 11) is 0. The van der Waals surface area contributed by atoms with Gasteiger partial charge in [0.15, 0.2) is 6.61 Å². The molecule has 0 saturated carbocycles. The summed E-state index contributed by atoms with van der Waals surface area (Å²) in [6.07, 6.45) is 4.19. The van der Waals surface area contributed by atoms with Crippen LogP contribution in [0.3, 0.4) is 0 Å². The van der Waals surface area contributed by atoms with E-state index in [-0.39, 0.29) is 6.61 Å². The van der Waals surface area contributed by atoms with E-state index >= 15 is 0 Å². The van der Waals surface area contributed by atoms with Gasteiger partial charge in [-0.3, -0.25) is 4.79 Å². The summed E-state index contributed by atoms with van der Waals surface area (Å²) in [5, 5.41) is 2.78. The molecule has 0 atom stereocenters. The highest BCUT2D eigenvalue weighted by Gasteiger charge is 2.09. The number of carbonyl (C=O) groups excluding carboxylic acids is 2. The first-order chi connectivity index (χ1) is 12.7. The lowest BCUT2D eigenvalue weighted by Crippen LogP contribution is -2.20. The smallest absolute Gasteiger partial charge is 0.331 e. The van der Waals surface area contributed by atoms with Gasteiger partial charge in [0.1, 0.15) is 5.76 Å². The van der Waals surface area contributed by atoms with Crippen molar-refractivity contribution in [2.75, 3.05) is 11.9 Å². The lowest BCUT2D eigenvalue weighted by atomic mass is 10.0. The van der Waals surface area contributed by atoms with Gasteiger partial charge >= 0.3 is 5.97 Å². The van der Waals surface area contributed by atoms with Crippen LogP contribution in [0.5, 0.6) is 0 Å². The zero-order chi connectivity index (χ0) is 18.2. The maximum Gasteiger partial charge on any atom is 0.331 e. The second kappa shape index (κ2) is 8.48. The molecule has 2 aromatic carbocycles. The van der Waals surface area contributed by atoms with E-state index in [0.29, 0.717) is 11.4 Å². The van der Waals surface area contributed by atoms with Gasteiger partial charge in [-0.25, -0.2) is 4.79 Å². The van der Waals surface area contributed by atoms with Crippen LogP contribution in [-0.4, -0.2) is 18.5 Å². The third-order valence-corrected chi connectivity index (χ3v) is 3.56. The van der Waals surface area contributed by atoms with Crippen LogP contribution < -0.4 is 5.32 Å². The Labute approximate surface area is 150 Å². The number of hydrogen-bond donors (Lipinski definition) is 1. The summed E-state index contributed by atoms with van der Waals surface area (Å²) < 4.78 is 10.0. The first-order valence-corrected chi connectivity index (χ1v) is 8.05. The molecule has 3 rings (SSSR count). The maximum absolute atomic E-state index is 12.1. The second-order valence-corrected chi connectivity index (χ2v) is 5.42. The first kappa shape index (κ1) is 17.2. The van der Waals surface area contributed by atoms with Crippen LogP contribution in [0.1, 0.15) is 5.76 Å². The van der Waals surface area contributed by atoms with Gasteiger partial charge in [0.05, 0.1) is 6.26 Å². The summed E-state index contributed by atoms with van der Waals surface area (Å²) in [6.45, 7) is -0.371. The van der Waals surface area contributed by atoms with Gasteiger partial charge in [-0.1, -0.05) is 48.5 Å². The van der Waals surface area contributed by atoms with Gasteiger partial charge in [-0.05, 0) is 29.8 Å². The molecule has 1 amide bonds. The molecule has 5 heteroatoms. The molecule has 130 valence electrons. The molecule has 26 heavy (non-hydrogen) atoms. The number of hydrogen-bond acceptors (Lipinski definition) is 4. The Balaban J connectivity index is 1.58. The van der Waals surface area contributed by atoms with E-state index in [4.69, 9.17) is 9.15 Å². The molecular weight excluding hydrogens is 330 g/mol. The molecule has 1 heterocycles. The lowest BCUT2D eigenvalue weighted by molar-refractivity contribution is -0.142. The van der Waals surface area contributed by atoms with E-state index in [1.165, 1.54) is 18.4 Å². The minimum Gasteiger partial charge on any atom is -0.465 e. The number of esters is 1. The van der Waals surface area contributed by atoms with Crippen molar-refractivity contribution in [2.45, 2.75) is 0 Å². The van der Waals surface area contributed by atoms with Gasteiger partial charge in [0, 0.05) is 17.3 Å². The Morgan fingerprint density at radius 1 is 0.962 bits per heavy atom. The average molecular weight is 347 g/mol. The SMILES string of the molecule is O=C(COC(=O)/C=C/c1ccco1)Nc1ccccc1-c1ccccc1. The third-order valence-electron chi connectivity index (χ3n) is 3.56. The molecule has 0 aliphatic carbocycles. The zero-order valence-corrected chi connectivity index (χ0v) is 13.9. The fraction of sp³-hybridized carbons (Fsp3) is 0.0476. The molecule has 1 N–H and O–H groups in total. The van der Waals surface area contributed by atoms with E-state index < -0.39 is 11.9 Å². The van der Waals surface area contributed by atoms with E-state index in [2.05, 4.69) is 5.32 Å². The van der Waals surface area contributed by atoms with Crippen LogP contribution in [-0.2, 0) is 14.3 Å². The molecule has 0 aliphatic heterocycles. The summed E-state index contributed by atoms with van der Waals surface area (Å²) in [5.74, 6) is -0.496. The van der Waals surface area contributed by atoms with Crippen molar-refractivity contribution in [2.24, 2.45) is 0 Å². The summed E-state index contributed by atoms with van der Waals surface area (Å²) in [4.78, 5) is 23.8. The predicted molar refractivity (Wildman–Crippen MR) is 99.2 cm³/mol. The quantitative estimate of drug-likeness (QED) is 0.537. The predicted octanol–water partition coefficient (Wildman–Crippen LogP) is 4.14. The number of para-hydroxylation sites is 1. The van der Waals surface area contributed by atoms with Gasteiger partial charge < -0.3 is 14.5 Å². The van der Waals surface area contributed by atoms with E-state index in [1.54, 1.807) is 18.2 Å². The molecule has 5 nitrogen and oxygen atoms in total. The van der Waals surface area contributed by atoms with Crippen molar-refractivity contribution in [1.29, 1.82) is 0 Å². The number of ether oxygens (including phenoxy) is 1. The number of carbonyl (C=O) groups is 2. The van der Waals surface area contributed by atoms with E-state index in [1.807, 2.05) is 48.5 Å². The Hall–Kier alpha value is -3.60. The molecule has 0 spiro atoms. The van der Waals surface area contributed by atoms with Crippen molar-refractivity contribution in [1.82, 2.24) is 0 Å². The molecule has 0 unspecified atom stereocenters. The van der Waals surface area contributed by atoms with Crippen LogP contribution in [0.25, 0.3) is 17.2 Å². The van der Waals surface area contributed by atoms with Crippen molar-refractivity contribution in [3.05, 3.63) is 84.8 Å². The number of amides is 1. The number of nitrogens with one attached hydrogen (secondary N) is 1. The highest BCUT2D eigenvalue weighted by atomic mass is 16.5. The lowest BCUT2D eigenvalue weighted by Gasteiger charge is -2.11. The monoisotopic (exact) mass is 347 g/mol. The van der Waals surface area contributed by atoms with Crippen LogP contribution >= 0.6 is 0 Å². The second-order valence-electron chi connectivity index (χ2n) is 5.42. The van der Waals surface area contributed by atoms with Crippen LogP contribution in [0.15, 0.2) is 83.5 Å². The van der Waals surface area contributed by atoms with Crippen LogP contribution in [0.4, 0.5) is 5.69 Å². The highest BCUT2D eigenvalue weighted by Crippen LogP contribution is 2.27. The van der Waals surface area contributed by atoms with Crippen molar-refractivity contribution in [3.8, 4) is 11.1 Å². The summed E-state index contributed by atoms with van der Waals surface area (Å²) in [5.41, 5.74) is 2.54. The van der Waals surface area contributed by atoms with E-state index in [9.17, 15) is 9.59 Å². The molecule has 0 aliphatic rings. The topological polar surface area (TPSA) is 68.5 Å². The molecule has 0 saturated heterocycles. The van der Waals surface area contributed by atoms with Crippen molar-refractivity contribution >= 4 is 23.6 Å². The normalized spacial score (nSPS) is 10.6. The third kappa shape index (κ3) is 4.70. The molecule has 0 fully saturated rings. The summed E-state index contributed by atoms with van der Waals surface area (Å²) in [6, 6.07) is 20.6. The molecule has 0 radical (unpaired) electrons. The van der Waals surface area contributed by atoms with Gasteiger partial charge in [-0.15, -0.1) is 0 Å². The standard InChI is InChI=1S/C21H17NO4/c23-20(15-26-21(24)13-12-17-9-6-14-25-17)22-19-11-5-4-10-18(19)16-7-2-1-3-8-16/h1-14H,15H2,(H,22,23)/b13-12+. The Kier molecular flexibility index (Phi) is 5.62. The largest absolute Gasteiger partial charge is 0.465 e. The highest BCUT2D eigenvalue weighted by molar-refractivity contribution is 5.97. The number of rotatable bonds is 6. The maximum atomic E-state index is 12.1. The Morgan fingerprint density at radius 3 is 2.50 bits per heavy atom. The number of furan rings is 1. The average Bonchev–Trinajstić information content (AvgIpc) is 3.19. The zero-order valence-electron chi connectivity index (χ0n) is 13.9. The van der Waals surface area contributed by atoms with Crippen LogP contribution in [0.2, 0.25) is 0 Å². The fourth-order valence-electron chi connectivity index (χ4n) is 2.37. The number of anilines is 1. The first-order valence-electron chi connectivity index (χ1n) is 8.05. The Morgan fingerprint density at radius 2 is 1.73 bits per heavy atom. The molecule has 0 bridgehead atoms. The van der Waals surface area contributed by atoms with Gasteiger partial charge in [0.25, 0.3) is 5.91 Å². The minimum atomic E-state index is -0.618. The van der Waals surface area contributed by atoms with Crippen molar-refractivity contribution in [3.63, 3.8) is 0 Å². The molecule has 1 aromatic heterocycles. The number of benzene rings is 2. The molecule has 3 aromatic rings. The van der Waals surface area contributed by atoms with Crippen LogP contribution in [0, 0.1) is 0 Å². The van der Waals surface area contributed by atoms with E-state index in [0.717, 1.165) is 11.1 Å². The molecular formula is C21H17NO4. The van der Waals surface area contributed by atoms with Gasteiger partial charge in [0.2, 0.25) is 0 Å². The van der Waals surface area contributed by atoms with Crippen molar-refractivity contribution < 1.29 is 18.7 Å². The van der Waals surface area contributed by atoms with Gasteiger partial charge in [-0.2, -0.15) is 0 Å².